The Labute approximate surface area is 57.7 Å². The lowest BCUT2D eigenvalue weighted by Gasteiger charge is -1.94. The average molecular weight is 144 g/mol. The molecule has 0 aliphatic heterocycles. The van der Waals surface area contributed by atoms with Crippen LogP contribution in [0.3, 0.4) is 0 Å². The lowest BCUT2D eigenvalue weighted by atomic mass is 10.6. The van der Waals surface area contributed by atoms with Crippen LogP contribution in [-0.2, 0) is 0 Å². The first-order valence-electron chi connectivity index (χ1n) is 2.27. The highest BCUT2D eigenvalue weighted by molar-refractivity contribution is 6.28. The van der Waals surface area contributed by atoms with Crippen molar-refractivity contribution in [2.24, 2.45) is 0 Å². The van der Waals surface area contributed by atoms with Crippen LogP contribution in [0.25, 0.3) is 0 Å². The third-order valence-corrected chi connectivity index (χ3v) is 0.925. The first-order chi connectivity index (χ1) is 4.33. The second-order valence-electron chi connectivity index (χ2n) is 1.31. The molecule has 1 aromatic heterocycles. The summed E-state index contributed by atoms with van der Waals surface area (Å²) in [6.07, 6.45) is 2.51. The van der Waals surface area contributed by atoms with Crippen molar-refractivity contribution in [3.8, 4) is 5.88 Å². The van der Waals surface area contributed by atoms with Crippen LogP contribution in [0.15, 0.2) is 6.07 Å². The van der Waals surface area contributed by atoms with Gasteiger partial charge in [0.2, 0.25) is 11.2 Å². The van der Waals surface area contributed by atoms with Gasteiger partial charge < -0.3 is 4.74 Å². The molecule has 0 unspecified atom stereocenters. The minimum Gasteiger partial charge on any atom is -0.481 e. The summed E-state index contributed by atoms with van der Waals surface area (Å²) in [5, 5.41) is 0.148. The maximum Gasteiger partial charge on any atom is 0.226 e. The Balaban J connectivity index is 2.94. The number of halogens is 1. The summed E-state index contributed by atoms with van der Waals surface area (Å²) >= 11 is 5.39. The minimum absolute atomic E-state index is 0.148. The summed E-state index contributed by atoms with van der Waals surface area (Å²) in [7, 11) is 1.51. The topological polar surface area (TPSA) is 35.0 Å². The largest absolute Gasteiger partial charge is 0.481 e. The number of ether oxygens (including phenoxy) is 1. The van der Waals surface area contributed by atoms with Crippen molar-refractivity contribution < 1.29 is 4.74 Å². The molecule has 0 amide bonds. The number of hydrogen-bond donors (Lipinski definition) is 0. The van der Waals surface area contributed by atoms with Gasteiger partial charge in [-0.1, -0.05) is 0 Å². The molecule has 0 aliphatic rings. The zero-order valence-corrected chi connectivity index (χ0v) is 5.51. The quantitative estimate of drug-likeness (QED) is 0.549. The predicted molar refractivity (Wildman–Crippen MR) is 32.4 cm³/mol. The standard InChI is InChI=1S/C5H4ClN2O/c1-9-4-2-3-7-5(6)8-4/h2H,1H3. The monoisotopic (exact) mass is 143 g/mol. The molecule has 1 rings (SSSR count). The van der Waals surface area contributed by atoms with Crippen LogP contribution in [0, 0.1) is 6.20 Å². The molecule has 0 bridgehead atoms. The van der Waals surface area contributed by atoms with Crippen LogP contribution >= 0.6 is 11.6 Å². The second kappa shape index (κ2) is 2.64. The number of nitrogens with zero attached hydrogens (tertiary/aromatic N) is 2. The Morgan fingerprint density at radius 3 is 3.00 bits per heavy atom. The Bertz CT molecular complexity index is 204. The van der Waals surface area contributed by atoms with Crippen LogP contribution in [0.2, 0.25) is 5.28 Å². The summed E-state index contributed by atoms with van der Waals surface area (Å²) < 4.78 is 4.73. The van der Waals surface area contributed by atoms with E-state index in [9.17, 15) is 0 Å². The third kappa shape index (κ3) is 1.54. The van der Waals surface area contributed by atoms with E-state index < -0.39 is 0 Å². The molecule has 0 aromatic carbocycles. The summed E-state index contributed by atoms with van der Waals surface area (Å²) in [5.74, 6) is 0.426. The molecular formula is C5H4ClN2O. The molecule has 4 heteroatoms. The van der Waals surface area contributed by atoms with Crippen LogP contribution in [0.4, 0.5) is 0 Å². The minimum atomic E-state index is 0.148. The summed E-state index contributed by atoms with van der Waals surface area (Å²) in [5.41, 5.74) is 0. The van der Waals surface area contributed by atoms with Gasteiger partial charge in [0.15, 0.2) is 0 Å². The van der Waals surface area contributed by atoms with Gasteiger partial charge in [-0.05, 0) is 11.6 Å². The van der Waals surface area contributed by atoms with Crippen molar-refractivity contribution in [2.75, 3.05) is 7.11 Å². The van der Waals surface area contributed by atoms with Gasteiger partial charge in [-0.2, -0.15) is 4.98 Å². The average Bonchev–Trinajstić information content (AvgIpc) is 1.88. The van der Waals surface area contributed by atoms with Crippen molar-refractivity contribution in [1.29, 1.82) is 0 Å². The van der Waals surface area contributed by atoms with Gasteiger partial charge in [0.05, 0.1) is 13.3 Å². The molecule has 1 aromatic rings. The molecule has 9 heavy (non-hydrogen) atoms. The van der Waals surface area contributed by atoms with E-state index in [2.05, 4.69) is 16.2 Å². The fourth-order valence-corrected chi connectivity index (χ4v) is 0.526. The summed E-state index contributed by atoms with van der Waals surface area (Å²) in [4.78, 5) is 7.23. The highest BCUT2D eigenvalue weighted by Crippen LogP contribution is 2.05. The lowest BCUT2D eigenvalue weighted by Crippen LogP contribution is -1.88. The van der Waals surface area contributed by atoms with Crippen LogP contribution in [-0.4, -0.2) is 17.1 Å². The van der Waals surface area contributed by atoms with Crippen molar-refractivity contribution in [2.45, 2.75) is 0 Å². The Morgan fingerprint density at radius 1 is 1.78 bits per heavy atom. The molecule has 0 saturated carbocycles. The molecule has 1 radical (unpaired) electrons. The lowest BCUT2D eigenvalue weighted by molar-refractivity contribution is 0.396. The van der Waals surface area contributed by atoms with E-state index in [1.807, 2.05) is 0 Å². The normalized spacial score (nSPS) is 9.11. The summed E-state index contributed by atoms with van der Waals surface area (Å²) in [6, 6.07) is 1.51. The van der Waals surface area contributed by atoms with E-state index in [0.717, 1.165) is 0 Å². The Morgan fingerprint density at radius 2 is 2.56 bits per heavy atom. The molecule has 0 atom stereocenters. The van der Waals surface area contributed by atoms with Gasteiger partial charge in [-0.15, -0.1) is 0 Å². The van der Waals surface area contributed by atoms with Gasteiger partial charge in [-0.25, -0.2) is 4.98 Å². The number of hydrogen-bond acceptors (Lipinski definition) is 3. The first kappa shape index (κ1) is 6.29. The van der Waals surface area contributed by atoms with Crippen molar-refractivity contribution in [3.63, 3.8) is 0 Å². The highest BCUT2D eigenvalue weighted by Gasteiger charge is 1.92. The first-order valence-corrected chi connectivity index (χ1v) is 2.65. The molecule has 0 fully saturated rings. The van der Waals surface area contributed by atoms with Gasteiger partial charge in [-0.3, -0.25) is 0 Å². The molecule has 1 heterocycles. The highest BCUT2D eigenvalue weighted by atomic mass is 35.5. The Kier molecular flexibility index (Phi) is 1.85. The third-order valence-electron chi connectivity index (χ3n) is 0.756. The van der Waals surface area contributed by atoms with E-state index in [1.54, 1.807) is 0 Å². The number of methoxy groups -OCH3 is 1. The molecule has 3 nitrogen and oxygen atoms in total. The van der Waals surface area contributed by atoms with Crippen molar-refractivity contribution >= 4 is 11.6 Å². The number of rotatable bonds is 1. The fraction of sp³-hybridized carbons (Fsp3) is 0.200. The van der Waals surface area contributed by atoms with E-state index in [0.29, 0.717) is 5.88 Å². The molecule has 0 saturated heterocycles. The second-order valence-corrected chi connectivity index (χ2v) is 1.65. The van der Waals surface area contributed by atoms with Crippen molar-refractivity contribution in [1.82, 2.24) is 9.97 Å². The van der Waals surface area contributed by atoms with E-state index in [4.69, 9.17) is 16.3 Å². The maximum atomic E-state index is 5.39. The van der Waals surface area contributed by atoms with E-state index in [-0.39, 0.29) is 5.28 Å². The van der Waals surface area contributed by atoms with Gasteiger partial charge in [0.25, 0.3) is 0 Å². The molecular weight excluding hydrogens is 140 g/mol. The van der Waals surface area contributed by atoms with E-state index >= 15 is 0 Å². The Hall–Kier alpha value is -0.830. The zero-order valence-electron chi connectivity index (χ0n) is 4.76. The predicted octanol–water partition coefficient (Wildman–Crippen LogP) is 0.939. The van der Waals surface area contributed by atoms with Crippen LogP contribution in [0.1, 0.15) is 0 Å². The maximum absolute atomic E-state index is 5.39. The smallest absolute Gasteiger partial charge is 0.226 e. The van der Waals surface area contributed by atoms with Crippen LogP contribution in [0.5, 0.6) is 5.88 Å². The molecule has 0 aliphatic carbocycles. The SMILES string of the molecule is COc1c[c]nc(Cl)n1. The van der Waals surface area contributed by atoms with E-state index in [1.165, 1.54) is 13.2 Å². The summed E-state index contributed by atoms with van der Waals surface area (Å²) in [6.45, 7) is 0. The van der Waals surface area contributed by atoms with Crippen LogP contribution < -0.4 is 4.74 Å². The zero-order chi connectivity index (χ0) is 6.69. The van der Waals surface area contributed by atoms with Gasteiger partial charge in [0, 0.05) is 6.07 Å². The fourth-order valence-electron chi connectivity index (χ4n) is 0.394. The van der Waals surface area contributed by atoms with Crippen molar-refractivity contribution in [3.05, 3.63) is 17.5 Å². The molecule has 47 valence electrons. The molecule has 0 spiro atoms. The molecule has 0 N–H and O–H groups in total. The van der Waals surface area contributed by atoms with Gasteiger partial charge >= 0.3 is 0 Å². The number of aromatic nitrogens is 2. The van der Waals surface area contributed by atoms with Gasteiger partial charge in [0.1, 0.15) is 0 Å².